The zero-order valence-electron chi connectivity index (χ0n) is 14.6. The van der Waals surface area contributed by atoms with Gasteiger partial charge in [0.1, 0.15) is 17.3 Å². The molecule has 0 aliphatic rings. The summed E-state index contributed by atoms with van der Waals surface area (Å²) in [6, 6.07) is 14.4. The van der Waals surface area contributed by atoms with E-state index >= 15 is 0 Å². The van der Waals surface area contributed by atoms with Crippen LogP contribution < -0.4 is 14.8 Å². The first-order valence-electron chi connectivity index (χ1n) is 8.27. The van der Waals surface area contributed by atoms with Crippen LogP contribution in [0.4, 0.5) is 5.82 Å². The Kier molecular flexibility index (Phi) is 5.48. The van der Waals surface area contributed by atoms with E-state index in [1.165, 1.54) is 0 Å². The number of ether oxygens (including phenoxy) is 2. The summed E-state index contributed by atoms with van der Waals surface area (Å²) in [6.45, 7) is 3.89. The van der Waals surface area contributed by atoms with E-state index < -0.39 is 0 Å². The molecule has 0 saturated heterocycles. The van der Waals surface area contributed by atoms with Gasteiger partial charge in [-0.15, -0.1) is 0 Å². The Bertz CT molecular complexity index is 845. The first-order chi connectivity index (χ1) is 12.6. The van der Waals surface area contributed by atoms with Gasteiger partial charge in [0.15, 0.2) is 6.61 Å². The number of benzene rings is 1. The third kappa shape index (κ3) is 4.60. The smallest absolute Gasteiger partial charge is 0.263 e. The summed E-state index contributed by atoms with van der Waals surface area (Å²) in [5.74, 6) is 2.13. The highest BCUT2D eigenvalue weighted by Crippen LogP contribution is 2.22. The lowest BCUT2D eigenvalue weighted by molar-refractivity contribution is -0.118. The molecule has 0 radical (unpaired) electrons. The van der Waals surface area contributed by atoms with Gasteiger partial charge < -0.3 is 14.8 Å². The van der Waals surface area contributed by atoms with Crippen LogP contribution in [0.25, 0.3) is 0 Å². The fourth-order valence-electron chi connectivity index (χ4n) is 2.28. The molecular formula is C19H20N4O3. The maximum atomic E-state index is 12.1. The zero-order valence-corrected chi connectivity index (χ0v) is 14.6. The lowest BCUT2D eigenvalue weighted by Crippen LogP contribution is -2.22. The summed E-state index contributed by atoms with van der Waals surface area (Å²) >= 11 is 0. The summed E-state index contributed by atoms with van der Waals surface area (Å²) < 4.78 is 12.9. The summed E-state index contributed by atoms with van der Waals surface area (Å²) in [5, 5.41) is 6.96. The lowest BCUT2D eigenvalue weighted by atomic mass is 10.3. The lowest BCUT2D eigenvalue weighted by Gasteiger charge is -2.12. The molecule has 0 bridgehead atoms. The number of nitrogens with one attached hydrogen (secondary N) is 1. The molecule has 7 nitrogen and oxygen atoms in total. The van der Waals surface area contributed by atoms with Gasteiger partial charge in [0, 0.05) is 24.4 Å². The molecule has 2 heterocycles. The van der Waals surface area contributed by atoms with E-state index in [1.807, 2.05) is 26.0 Å². The minimum absolute atomic E-state index is 0.0935. The van der Waals surface area contributed by atoms with E-state index in [0.29, 0.717) is 23.2 Å². The minimum atomic E-state index is -0.249. The van der Waals surface area contributed by atoms with Crippen molar-refractivity contribution in [2.24, 2.45) is 0 Å². The van der Waals surface area contributed by atoms with Crippen molar-refractivity contribution in [1.29, 1.82) is 0 Å². The first kappa shape index (κ1) is 17.5. The second kappa shape index (κ2) is 8.15. The SMILES string of the molecule is CC(C)n1nccc1NC(=O)COc1ccc(Oc2ccccn2)cc1. The molecule has 0 aliphatic carbocycles. The molecule has 0 aliphatic heterocycles. The van der Waals surface area contributed by atoms with E-state index in [2.05, 4.69) is 15.4 Å². The van der Waals surface area contributed by atoms with Crippen molar-refractivity contribution in [3.8, 4) is 17.4 Å². The van der Waals surface area contributed by atoms with Crippen LogP contribution in [-0.2, 0) is 4.79 Å². The Hall–Kier alpha value is -3.35. The average molecular weight is 352 g/mol. The van der Waals surface area contributed by atoms with Crippen LogP contribution in [0.15, 0.2) is 60.9 Å². The van der Waals surface area contributed by atoms with Crippen LogP contribution in [-0.4, -0.2) is 27.3 Å². The molecule has 0 fully saturated rings. The molecule has 1 amide bonds. The van der Waals surface area contributed by atoms with Crippen molar-refractivity contribution >= 4 is 11.7 Å². The van der Waals surface area contributed by atoms with E-state index in [4.69, 9.17) is 9.47 Å². The van der Waals surface area contributed by atoms with Crippen molar-refractivity contribution in [3.63, 3.8) is 0 Å². The number of rotatable bonds is 7. The number of aromatic nitrogens is 3. The predicted molar refractivity (Wildman–Crippen MR) is 97.5 cm³/mol. The van der Waals surface area contributed by atoms with E-state index in [1.54, 1.807) is 53.5 Å². The standard InChI is InChI=1S/C19H20N4O3/c1-14(2)23-17(10-12-21-23)22-18(24)13-25-15-6-8-16(9-7-15)26-19-5-3-4-11-20-19/h3-12,14H,13H2,1-2H3,(H,22,24). The van der Waals surface area contributed by atoms with Gasteiger partial charge in [-0.25, -0.2) is 9.67 Å². The van der Waals surface area contributed by atoms with E-state index in [-0.39, 0.29) is 18.6 Å². The third-order valence-electron chi connectivity index (χ3n) is 3.48. The summed E-state index contributed by atoms with van der Waals surface area (Å²) in [7, 11) is 0. The van der Waals surface area contributed by atoms with E-state index in [0.717, 1.165) is 0 Å². The van der Waals surface area contributed by atoms with Gasteiger partial charge in [0.2, 0.25) is 5.88 Å². The van der Waals surface area contributed by atoms with Crippen LogP contribution >= 0.6 is 0 Å². The predicted octanol–water partition coefficient (Wildman–Crippen LogP) is 3.67. The summed E-state index contributed by atoms with van der Waals surface area (Å²) in [4.78, 5) is 16.2. The molecule has 3 rings (SSSR count). The molecule has 134 valence electrons. The fourth-order valence-corrected chi connectivity index (χ4v) is 2.28. The molecule has 26 heavy (non-hydrogen) atoms. The molecule has 0 spiro atoms. The van der Waals surface area contributed by atoms with Gasteiger partial charge in [-0.3, -0.25) is 4.79 Å². The fraction of sp³-hybridized carbons (Fsp3) is 0.211. The summed E-state index contributed by atoms with van der Waals surface area (Å²) in [5.41, 5.74) is 0. The molecule has 0 atom stereocenters. The number of hydrogen-bond donors (Lipinski definition) is 1. The Balaban J connectivity index is 1.51. The van der Waals surface area contributed by atoms with Crippen molar-refractivity contribution in [3.05, 3.63) is 60.9 Å². The maximum Gasteiger partial charge on any atom is 0.263 e. The number of amides is 1. The van der Waals surface area contributed by atoms with Crippen LogP contribution in [0.3, 0.4) is 0 Å². The number of nitrogens with zero attached hydrogens (tertiary/aromatic N) is 3. The number of pyridine rings is 1. The van der Waals surface area contributed by atoms with Gasteiger partial charge in [-0.1, -0.05) is 6.07 Å². The molecule has 0 saturated carbocycles. The number of hydrogen-bond acceptors (Lipinski definition) is 5. The van der Waals surface area contributed by atoms with Gasteiger partial charge in [-0.2, -0.15) is 5.10 Å². The largest absolute Gasteiger partial charge is 0.484 e. The normalized spacial score (nSPS) is 10.6. The van der Waals surface area contributed by atoms with Crippen LogP contribution in [0.5, 0.6) is 17.4 Å². The number of carbonyl (C=O) groups excluding carboxylic acids is 1. The third-order valence-corrected chi connectivity index (χ3v) is 3.48. The number of anilines is 1. The van der Waals surface area contributed by atoms with Crippen LogP contribution in [0.1, 0.15) is 19.9 Å². The highest BCUT2D eigenvalue weighted by atomic mass is 16.5. The van der Waals surface area contributed by atoms with Crippen molar-refractivity contribution in [1.82, 2.24) is 14.8 Å². The van der Waals surface area contributed by atoms with E-state index in [9.17, 15) is 4.79 Å². The Labute approximate surface area is 151 Å². The Morgan fingerprint density at radius 2 is 1.85 bits per heavy atom. The number of carbonyl (C=O) groups is 1. The molecule has 1 aromatic carbocycles. The van der Waals surface area contributed by atoms with Crippen molar-refractivity contribution in [2.75, 3.05) is 11.9 Å². The van der Waals surface area contributed by atoms with Crippen molar-refractivity contribution in [2.45, 2.75) is 19.9 Å². The molecule has 2 aromatic heterocycles. The topological polar surface area (TPSA) is 78.3 Å². The van der Waals surface area contributed by atoms with Crippen LogP contribution in [0.2, 0.25) is 0 Å². The molecular weight excluding hydrogens is 332 g/mol. The molecule has 1 N–H and O–H groups in total. The zero-order chi connectivity index (χ0) is 18.4. The van der Waals surface area contributed by atoms with Crippen LogP contribution in [0, 0.1) is 0 Å². The second-order valence-electron chi connectivity index (χ2n) is 5.83. The second-order valence-corrected chi connectivity index (χ2v) is 5.83. The highest BCUT2D eigenvalue weighted by molar-refractivity contribution is 5.91. The van der Waals surface area contributed by atoms with Gasteiger partial charge in [0.05, 0.1) is 6.20 Å². The quantitative estimate of drug-likeness (QED) is 0.702. The van der Waals surface area contributed by atoms with Gasteiger partial charge >= 0.3 is 0 Å². The average Bonchev–Trinajstić information content (AvgIpc) is 3.10. The molecule has 3 aromatic rings. The van der Waals surface area contributed by atoms with Gasteiger partial charge in [-0.05, 0) is 44.2 Å². The maximum absolute atomic E-state index is 12.1. The monoisotopic (exact) mass is 352 g/mol. The molecule has 0 unspecified atom stereocenters. The minimum Gasteiger partial charge on any atom is -0.484 e. The summed E-state index contributed by atoms with van der Waals surface area (Å²) in [6.07, 6.45) is 3.31. The van der Waals surface area contributed by atoms with Crippen molar-refractivity contribution < 1.29 is 14.3 Å². The Morgan fingerprint density at radius 3 is 2.54 bits per heavy atom. The Morgan fingerprint density at radius 1 is 1.08 bits per heavy atom. The first-order valence-corrected chi connectivity index (χ1v) is 8.27. The highest BCUT2D eigenvalue weighted by Gasteiger charge is 2.10. The van der Waals surface area contributed by atoms with Gasteiger partial charge in [0.25, 0.3) is 5.91 Å². The molecule has 7 heteroatoms.